The van der Waals surface area contributed by atoms with Gasteiger partial charge < -0.3 is 5.32 Å². The minimum atomic E-state index is 0.0230. The third-order valence-electron chi connectivity index (χ3n) is 2.70. The summed E-state index contributed by atoms with van der Waals surface area (Å²) in [6, 6.07) is 15.5. The van der Waals surface area contributed by atoms with Crippen LogP contribution in [0.3, 0.4) is 0 Å². The predicted octanol–water partition coefficient (Wildman–Crippen LogP) is 3.60. The number of benzene rings is 2. The Labute approximate surface area is 126 Å². The molecule has 0 aliphatic carbocycles. The van der Waals surface area contributed by atoms with E-state index in [9.17, 15) is 4.79 Å². The summed E-state index contributed by atoms with van der Waals surface area (Å²) >= 11 is 7.60. The van der Waals surface area contributed by atoms with Gasteiger partial charge in [-0.15, -0.1) is 12.6 Å². The van der Waals surface area contributed by atoms with E-state index in [-0.39, 0.29) is 5.91 Å². The number of carbonyl (C=O) groups excluding carboxylic acids is 1. The number of amides is 1. The summed E-state index contributed by atoms with van der Waals surface area (Å²) in [5, 5.41) is 2.91. The molecular formula is C15H14BrNOS. The van der Waals surface area contributed by atoms with Crippen molar-refractivity contribution in [2.24, 2.45) is 0 Å². The molecule has 2 nitrogen and oxygen atoms in total. The smallest absolute Gasteiger partial charge is 0.224 e. The molecule has 0 aromatic heterocycles. The molecule has 2 rings (SSSR count). The molecule has 0 atom stereocenters. The summed E-state index contributed by atoms with van der Waals surface area (Å²) in [4.78, 5) is 12.7. The molecule has 0 aliphatic rings. The molecule has 0 aliphatic heterocycles. The van der Waals surface area contributed by atoms with Crippen LogP contribution in [0.5, 0.6) is 0 Å². The third kappa shape index (κ3) is 4.73. The van der Waals surface area contributed by atoms with Crippen molar-refractivity contribution in [3.05, 3.63) is 64.1 Å². The van der Waals surface area contributed by atoms with Gasteiger partial charge in [0.1, 0.15) is 0 Å². The molecule has 1 N–H and O–H groups in total. The first-order valence-electron chi connectivity index (χ1n) is 5.92. The van der Waals surface area contributed by atoms with Crippen LogP contribution in [0.2, 0.25) is 0 Å². The molecule has 1 amide bonds. The molecule has 2 aromatic rings. The van der Waals surface area contributed by atoms with Crippen molar-refractivity contribution < 1.29 is 4.79 Å². The molecule has 0 radical (unpaired) electrons. The average Bonchev–Trinajstić information content (AvgIpc) is 2.41. The van der Waals surface area contributed by atoms with Crippen LogP contribution in [0.15, 0.2) is 57.9 Å². The van der Waals surface area contributed by atoms with Crippen molar-refractivity contribution in [1.82, 2.24) is 5.32 Å². The summed E-state index contributed by atoms with van der Waals surface area (Å²) in [7, 11) is 0. The fourth-order valence-corrected chi connectivity index (χ4v) is 2.08. The zero-order valence-corrected chi connectivity index (χ0v) is 12.7. The Balaban J connectivity index is 1.84. The molecule has 4 heteroatoms. The van der Waals surface area contributed by atoms with Crippen molar-refractivity contribution >= 4 is 34.5 Å². The molecule has 0 saturated heterocycles. The van der Waals surface area contributed by atoms with E-state index in [1.54, 1.807) is 0 Å². The summed E-state index contributed by atoms with van der Waals surface area (Å²) in [6.45, 7) is 0.552. The molecular weight excluding hydrogens is 322 g/mol. The van der Waals surface area contributed by atoms with Gasteiger partial charge in [0.05, 0.1) is 6.42 Å². The predicted molar refractivity (Wildman–Crippen MR) is 83.4 cm³/mol. The van der Waals surface area contributed by atoms with Crippen LogP contribution in [-0.2, 0) is 17.8 Å². The van der Waals surface area contributed by atoms with E-state index in [1.165, 1.54) is 0 Å². The van der Waals surface area contributed by atoms with Gasteiger partial charge in [0.15, 0.2) is 0 Å². The third-order valence-corrected chi connectivity index (χ3v) is 3.53. The molecule has 0 fully saturated rings. The first-order valence-corrected chi connectivity index (χ1v) is 7.16. The van der Waals surface area contributed by atoms with Gasteiger partial charge in [-0.2, -0.15) is 0 Å². The standard InChI is InChI=1S/C15H14BrNOS/c16-13-5-1-12(2-6-13)10-17-15(18)9-11-3-7-14(19)8-4-11/h1-8,19H,9-10H2,(H,17,18). The Morgan fingerprint density at radius 1 is 1.00 bits per heavy atom. The molecule has 0 heterocycles. The monoisotopic (exact) mass is 335 g/mol. The van der Waals surface area contributed by atoms with Crippen molar-refractivity contribution in [2.45, 2.75) is 17.9 Å². The quantitative estimate of drug-likeness (QED) is 0.821. The molecule has 19 heavy (non-hydrogen) atoms. The summed E-state index contributed by atoms with van der Waals surface area (Å²) in [5.74, 6) is 0.0230. The van der Waals surface area contributed by atoms with E-state index >= 15 is 0 Å². The van der Waals surface area contributed by atoms with Crippen LogP contribution >= 0.6 is 28.6 Å². The highest BCUT2D eigenvalue weighted by Crippen LogP contribution is 2.11. The van der Waals surface area contributed by atoms with Gasteiger partial charge in [-0.05, 0) is 35.4 Å². The Hall–Kier alpha value is -1.26. The van der Waals surface area contributed by atoms with Crippen molar-refractivity contribution in [2.75, 3.05) is 0 Å². The van der Waals surface area contributed by atoms with E-state index in [0.717, 1.165) is 20.5 Å². The molecule has 0 bridgehead atoms. The Morgan fingerprint density at radius 2 is 1.58 bits per heavy atom. The summed E-state index contributed by atoms with van der Waals surface area (Å²) in [6.07, 6.45) is 0.393. The van der Waals surface area contributed by atoms with Crippen LogP contribution in [-0.4, -0.2) is 5.91 Å². The second kappa shape index (κ2) is 6.78. The second-order valence-electron chi connectivity index (χ2n) is 4.25. The number of rotatable bonds is 4. The van der Waals surface area contributed by atoms with Gasteiger partial charge in [-0.3, -0.25) is 4.79 Å². The Kier molecular flexibility index (Phi) is 5.05. The topological polar surface area (TPSA) is 29.1 Å². The maximum Gasteiger partial charge on any atom is 0.224 e. The van der Waals surface area contributed by atoms with Gasteiger partial charge in [-0.25, -0.2) is 0 Å². The van der Waals surface area contributed by atoms with Gasteiger partial charge in [0.2, 0.25) is 5.91 Å². The maximum absolute atomic E-state index is 11.8. The van der Waals surface area contributed by atoms with E-state index in [4.69, 9.17) is 0 Å². The second-order valence-corrected chi connectivity index (χ2v) is 5.68. The average molecular weight is 336 g/mol. The van der Waals surface area contributed by atoms with Gasteiger partial charge >= 0.3 is 0 Å². The fourth-order valence-electron chi connectivity index (χ4n) is 1.66. The molecule has 0 spiro atoms. The van der Waals surface area contributed by atoms with Crippen molar-refractivity contribution in [1.29, 1.82) is 0 Å². The van der Waals surface area contributed by atoms with E-state index in [1.807, 2.05) is 48.5 Å². The van der Waals surface area contributed by atoms with Gasteiger partial charge in [0, 0.05) is 15.9 Å². The summed E-state index contributed by atoms with van der Waals surface area (Å²) in [5.41, 5.74) is 2.08. The lowest BCUT2D eigenvalue weighted by Crippen LogP contribution is -2.24. The molecule has 0 unspecified atom stereocenters. The number of thiol groups is 1. The molecule has 98 valence electrons. The SMILES string of the molecule is O=C(Cc1ccc(S)cc1)NCc1ccc(Br)cc1. The minimum absolute atomic E-state index is 0.0230. The maximum atomic E-state index is 11.8. The highest BCUT2D eigenvalue weighted by Gasteiger charge is 2.03. The lowest BCUT2D eigenvalue weighted by atomic mass is 10.1. The van der Waals surface area contributed by atoms with Crippen LogP contribution in [0.1, 0.15) is 11.1 Å². The van der Waals surface area contributed by atoms with Crippen molar-refractivity contribution in [3.8, 4) is 0 Å². The number of carbonyl (C=O) groups is 1. The zero-order chi connectivity index (χ0) is 13.7. The van der Waals surface area contributed by atoms with E-state index in [0.29, 0.717) is 13.0 Å². The fraction of sp³-hybridized carbons (Fsp3) is 0.133. The van der Waals surface area contributed by atoms with Gasteiger partial charge in [0.25, 0.3) is 0 Å². The lowest BCUT2D eigenvalue weighted by molar-refractivity contribution is -0.120. The molecule has 2 aromatic carbocycles. The minimum Gasteiger partial charge on any atom is -0.352 e. The largest absolute Gasteiger partial charge is 0.352 e. The first kappa shape index (κ1) is 14.2. The van der Waals surface area contributed by atoms with Crippen LogP contribution < -0.4 is 5.32 Å². The van der Waals surface area contributed by atoms with Crippen molar-refractivity contribution in [3.63, 3.8) is 0 Å². The number of hydrogen-bond acceptors (Lipinski definition) is 2. The highest BCUT2D eigenvalue weighted by molar-refractivity contribution is 9.10. The Morgan fingerprint density at radius 3 is 2.21 bits per heavy atom. The normalized spacial score (nSPS) is 10.2. The first-order chi connectivity index (χ1) is 9.13. The van der Waals surface area contributed by atoms with E-state index < -0.39 is 0 Å². The van der Waals surface area contributed by atoms with Gasteiger partial charge in [-0.1, -0.05) is 40.2 Å². The number of halogens is 1. The lowest BCUT2D eigenvalue weighted by Gasteiger charge is -2.06. The molecule has 0 saturated carbocycles. The van der Waals surface area contributed by atoms with Crippen LogP contribution in [0, 0.1) is 0 Å². The van der Waals surface area contributed by atoms with Crippen LogP contribution in [0.25, 0.3) is 0 Å². The highest BCUT2D eigenvalue weighted by atomic mass is 79.9. The number of nitrogens with one attached hydrogen (secondary N) is 1. The number of hydrogen-bond donors (Lipinski definition) is 2. The Bertz CT molecular complexity index is 551. The summed E-state index contributed by atoms with van der Waals surface area (Å²) < 4.78 is 1.04. The zero-order valence-electron chi connectivity index (χ0n) is 10.3. The van der Waals surface area contributed by atoms with E-state index in [2.05, 4.69) is 33.9 Å². The van der Waals surface area contributed by atoms with Crippen LogP contribution in [0.4, 0.5) is 0 Å².